The summed E-state index contributed by atoms with van der Waals surface area (Å²) in [5.41, 5.74) is 14.0. The minimum atomic E-state index is 0.391. The van der Waals surface area contributed by atoms with Gasteiger partial charge in [-0.15, -0.1) is 0 Å². The van der Waals surface area contributed by atoms with Crippen molar-refractivity contribution in [3.8, 4) is 11.1 Å². The molecule has 7 aromatic carbocycles. The number of para-hydroxylation sites is 2. The average molecular weight is 631 g/mol. The van der Waals surface area contributed by atoms with Crippen molar-refractivity contribution in [3.05, 3.63) is 175 Å². The highest BCUT2D eigenvalue weighted by atomic mass is 16.3. The predicted octanol–water partition coefficient (Wildman–Crippen LogP) is 11.7. The van der Waals surface area contributed by atoms with Gasteiger partial charge in [0.2, 0.25) is 0 Å². The lowest BCUT2D eigenvalue weighted by Gasteiger charge is -2.27. The van der Waals surface area contributed by atoms with Crippen molar-refractivity contribution in [1.29, 1.82) is 5.41 Å². The molecule has 0 fully saturated rings. The lowest BCUT2D eigenvalue weighted by atomic mass is 9.89. The maximum atomic E-state index is 9.18. The van der Waals surface area contributed by atoms with E-state index in [1.807, 2.05) is 66.7 Å². The van der Waals surface area contributed by atoms with Gasteiger partial charge in [0.25, 0.3) is 0 Å². The molecule has 5 heteroatoms. The molecule has 1 heterocycles. The topological polar surface area (TPSA) is 64.6 Å². The maximum absolute atomic E-state index is 9.18. The molecular weight excluding hydrogens is 601 g/mol. The molecule has 0 aliphatic heterocycles. The summed E-state index contributed by atoms with van der Waals surface area (Å²) in [6.45, 7) is 0. The Hall–Kier alpha value is -6.72. The van der Waals surface area contributed by atoms with Gasteiger partial charge in [-0.05, 0) is 88.1 Å². The molecule has 0 amide bonds. The third-order valence-electron chi connectivity index (χ3n) is 9.15. The van der Waals surface area contributed by atoms with Crippen LogP contribution in [0.1, 0.15) is 11.1 Å². The monoisotopic (exact) mass is 630 g/mol. The average Bonchev–Trinajstić information content (AvgIpc) is 3.55. The van der Waals surface area contributed by atoms with Crippen LogP contribution in [-0.2, 0) is 0 Å². The minimum absolute atomic E-state index is 0.391. The summed E-state index contributed by atoms with van der Waals surface area (Å²) in [4.78, 5) is 2.31. The molecule has 0 saturated heterocycles. The number of anilines is 4. The smallest absolute Gasteiger partial charge is 0.137 e. The molecule has 8 aromatic rings. The molecule has 1 aromatic heterocycles. The maximum Gasteiger partial charge on any atom is 0.137 e. The van der Waals surface area contributed by atoms with E-state index in [0.717, 1.165) is 72.2 Å². The summed E-state index contributed by atoms with van der Waals surface area (Å²) in [6, 6.07) is 54.2. The normalized spacial score (nSPS) is 13.3. The van der Waals surface area contributed by atoms with Crippen LogP contribution in [0.15, 0.2) is 173 Å². The van der Waals surface area contributed by atoms with Gasteiger partial charge in [0, 0.05) is 22.3 Å². The molecule has 5 nitrogen and oxygen atoms in total. The molecule has 2 N–H and O–H groups in total. The number of nitrogens with one attached hydrogen (secondary N) is 2. The summed E-state index contributed by atoms with van der Waals surface area (Å²) in [5.74, 6) is 0. The van der Waals surface area contributed by atoms with Crippen LogP contribution in [0.3, 0.4) is 0 Å². The highest BCUT2D eigenvalue weighted by molar-refractivity contribution is 6.55. The van der Waals surface area contributed by atoms with Crippen LogP contribution in [0, 0.1) is 5.41 Å². The first kappa shape index (κ1) is 28.5. The van der Waals surface area contributed by atoms with Crippen LogP contribution >= 0.6 is 0 Å². The molecule has 232 valence electrons. The Morgan fingerprint density at radius 3 is 2.12 bits per heavy atom. The third kappa shape index (κ3) is 5.05. The van der Waals surface area contributed by atoms with E-state index in [1.165, 1.54) is 5.56 Å². The fraction of sp³-hybridized carbons (Fsp3) is 0. The second-order valence-corrected chi connectivity index (χ2v) is 12.1. The predicted molar refractivity (Wildman–Crippen MR) is 205 cm³/mol. The molecule has 1 aliphatic rings. The van der Waals surface area contributed by atoms with E-state index in [4.69, 9.17) is 4.42 Å². The molecule has 0 unspecified atom stereocenters. The van der Waals surface area contributed by atoms with E-state index in [0.29, 0.717) is 11.4 Å². The molecule has 0 spiro atoms. The minimum Gasteiger partial charge on any atom is -0.456 e. The van der Waals surface area contributed by atoms with Crippen molar-refractivity contribution < 1.29 is 4.42 Å². The van der Waals surface area contributed by atoms with Gasteiger partial charge in [0.05, 0.1) is 22.5 Å². The highest BCUT2D eigenvalue weighted by Crippen LogP contribution is 2.44. The molecule has 0 atom stereocenters. The Bertz CT molecular complexity index is 2580. The Morgan fingerprint density at radius 1 is 0.571 bits per heavy atom. The quantitative estimate of drug-likeness (QED) is 0.180. The van der Waals surface area contributed by atoms with Gasteiger partial charge >= 0.3 is 0 Å². The number of furan rings is 1. The highest BCUT2D eigenvalue weighted by Gasteiger charge is 2.22. The number of rotatable bonds is 6. The van der Waals surface area contributed by atoms with Crippen LogP contribution in [0.5, 0.6) is 0 Å². The second kappa shape index (κ2) is 11.8. The van der Waals surface area contributed by atoms with Crippen molar-refractivity contribution in [2.75, 3.05) is 10.3 Å². The standard InChI is InChI=1S/C44H30N4O/c45-44-38(47-46-33-12-5-2-6-13-33)27-22-31-18-19-32-28-35(25-26-36(32)42(31)44)48(34-23-20-30(21-24-34)29-10-3-1-4-11-29)39-15-9-17-41-43(39)37-14-7-8-16-40(37)49-41/h1-28,45-46H/b45-44?,47-38-. The van der Waals surface area contributed by atoms with Crippen molar-refractivity contribution in [1.82, 2.24) is 0 Å². The van der Waals surface area contributed by atoms with Gasteiger partial charge < -0.3 is 9.32 Å². The third-order valence-corrected chi connectivity index (χ3v) is 9.15. The number of benzene rings is 7. The first-order chi connectivity index (χ1) is 24.2. The molecular formula is C44H30N4O. The lowest BCUT2D eigenvalue weighted by molar-refractivity contribution is 0.669. The van der Waals surface area contributed by atoms with E-state index < -0.39 is 0 Å². The Balaban J connectivity index is 1.18. The Morgan fingerprint density at radius 2 is 1.29 bits per heavy atom. The fourth-order valence-electron chi connectivity index (χ4n) is 6.80. The Kier molecular flexibility index (Phi) is 6.87. The van der Waals surface area contributed by atoms with E-state index in [2.05, 4.69) is 119 Å². The van der Waals surface area contributed by atoms with Crippen molar-refractivity contribution >= 4 is 73.0 Å². The van der Waals surface area contributed by atoms with E-state index in [-0.39, 0.29) is 0 Å². The zero-order valence-electron chi connectivity index (χ0n) is 26.5. The summed E-state index contributed by atoms with van der Waals surface area (Å²) in [7, 11) is 0. The van der Waals surface area contributed by atoms with Crippen molar-refractivity contribution in [3.63, 3.8) is 0 Å². The summed E-state index contributed by atoms with van der Waals surface area (Å²) >= 11 is 0. The van der Waals surface area contributed by atoms with Crippen molar-refractivity contribution in [2.24, 2.45) is 5.10 Å². The fourth-order valence-corrected chi connectivity index (χ4v) is 6.80. The van der Waals surface area contributed by atoms with E-state index in [9.17, 15) is 5.41 Å². The second-order valence-electron chi connectivity index (χ2n) is 12.1. The number of nitrogens with zero attached hydrogens (tertiary/aromatic N) is 2. The van der Waals surface area contributed by atoms with Crippen LogP contribution in [0.25, 0.3) is 49.9 Å². The summed E-state index contributed by atoms with van der Waals surface area (Å²) < 4.78 is 6.32. The summed E-state index contributed by atoms with van der Waals surface area (Å²) in [6.07, 6.45) is 3.94. The number of hydrogen-bond donors (Lipinski definition) is 2. The number of hydrogen-bond acceptors (Lipinski definition) is 5. The van der Waals surface area contributed by atoms with Gasteiger partial charge in [0.15, 0.2) is 0 Å². The van der Waals surface area contributed by atoms with Gasteiger partial charge in [-0.2, -0.15) is 5.10 Å². The van der Waals surface area contributed by atoms with Crippen LogP contribution in [0.2, 0.25) is 0 Å². The van der Waals surface area contributed by atoms with E-state index >= 15 is 0 Å². The number of allylic oxidation sites excluding steroid dienone is 1. The van der Waals surface area contributed by atoms with Crippen LogP contribution in [-0.4, -0.2) is 11.4 Å². The van der Waals surface area contributed by atoms with E-state index in [1.54, 1.807) is 0 Å². The van der Waals surface area contributed by atoms with Gasteiger partial charge in [-0.1, -0.05) is 109 Å². The summed E-state index contributed by atoms with van der Waals surface area (Å²) in [5, 5.41) is 18.0. The molecule has 0 saturated carbocycles. The Labute approximate surface area is 283 Å². The first-order valence-corrected chi connectivity index (χ1v) is 16.3. The SMILES string of the molecule is N=C1/C(=N\Nc2ccccc2)C=Cc2ccc3cc(N(c4ccc(-c5ccccc5)cc4)c4cccc5oc6ccccc6c45)ccc3c21. The number of hydrazone groups is 1. The molecule has 9 rings (SSSR count). The van der Waals surface area contributed by atoms with Crippen LogP contribution in [0.4, 0.5) is 22.7 Å². The van der Waals surface area contributed by atoms with Crippen LogP contribution < -0.4 is 10.3 Å². The van der Waals surface area contributed by atoms with Gasteiger partial charge in [-0.25, -0.2) is 0 Å². The van der Waals surface area contributed by atoms with Gasteiger partial charge in [0.1, 0.15) is 16.9 Å². The largest absolute Gasteiger partial charge is 0.456 e. The zero-order chi connectivity index (χ0) is 32.7. The van der Waals surface area contributed by atoms with Crippen molar-refractivity contribution in [2.45, 2.75) is 0 Å². The first-order valence-electron chi connectivity index (χ1n) is 16.3. The zero-order valence-corrected chi connectivity index (χ0v) is 26.5. The molecule has 49 heavy (non-hydrogen) atoms. The molecule has 0 bridgehead atoms. The lowest BCUT2D eigenvalue weighted by Crippen LogP contribution is -2.19. The van der Waals surface area contributed by atoms with Gasteiger partial charge in [-0.3, -0.25) is 10.8 Å². The molecule has 1 aliphatic carbocycles. The molecule has 0 radical (unpaired) electrons. The number of fused-ring (bicyclic) bond motifs is 6.